The fourth-order valence-electron chi connectivity index (χ4n) is 3.62. The lowest BCUT2D eigenvalue weighted by Crippen LogP contribution is -2.47. The molecule has 1 aromatic carbocycles. The zero-order valence-electron chi connectivity index (χ0n) is 14.0. The summed E-state index contributed by atoms with van der Waals surface area (Å²) in [6.45, 7) is 3.22. The van der Waals surface area contributed by atoms with E-state index in [-0.39, 0.29) is 5.82 Å². The van der Waals surface area contributed by atoms with Crippen molar-refractivity contribution >= 4 is 17.0 Å². The maximum atomic E-state index is 14.0. The molecule has 2 aromatic heterocycles. The van der Waals surface area contributed by atoms with Gasteiger partial charge in [-0.3, -0.25) is 0 Å². The number of nitrogens with zero attached hydrogens (tertiary/aromatic N) is 5. The molecular weight excluding hydrogens is 317 g/mol. The van der Waals surface area contributed by atoms with Crippen LogP contribution in [-0.4, -0.2) is 40.8 Å². The molecule has 1 saturated heterocycles. The monoisotopic (exact) mass is 337 g/mol. The summed E-state index contributed by atoms with van der Waals surface area (Å²) in [4.78, 5) is 9.00. The predicted octanol–water partition coefficient (Wildman–Crippen LogP) is 3.07. The minimum atomic E-state index is -0.152. The van der Waals surface area contributed by atoms with E-state index in [0.717, 1.165) is 37.5 Å². The van der Waals surface area contributed by atoms with Gasteiger partial charge < -0.3 is 9.80 Å². The van der Waals surface area contributed by atoms with E-state index in [4.69, 9.17) is 5.10 Å². The van der Waals surface area contributed by atoms with Crippen LogP contribution < -0.4 is 9.80 Å². The number of halogens is 1. The molecule has 5 rings (SSSR count). The highest BCUT2D eigenvalue weighted by Crippen LogP contribution is 2.40. The molecule has 1 aliphatic heterocycles. The van der Waals surface area contributed by atoms with Gasteiger partial charge in [-0.2, -0.15) is 5.10 Å². The van der Waals surface area contributed by atoms with E-state index in [2.05, 4.69) is 20.9 Å². The van der Waals surface area contributed by atoms with Crippen LogP contribution in [0.4, 0.5) is 15.9 Å². The summed E-state index contributed by atoms with van der Waals surface area (Å²) in [6.07, 6.45) is 6.22. The van der Waals surface area contributed by atoms with Crippen LogP contribution in [0.3, 0.4) is 0 Å². The van der Waals surface area contributed by atoms with E-state index < -0.39 is 0 Å². The Labute approximate surface area is 145 Å². The molecule has 3 heterocycles. The molecular formula is C19H20FN5. The van der Waals surface area contributed by atoms with Crippen LogP contribution in [-0.2, 0) is 0 Å². The van der Waals surface area contributed by atoms with Gasteiger partial charge in [-0.1, -0.05) is 12.1 Å². The van der Waals surface area contributed by atoms with Gasteiger partial charge in [0.05, 0.1) is 11.4 Å². The molecule has 0 radical (unpaired) electrons. The highest BCUT2D eigenvalue weighted by Gasteiger charge is 2.28. The Morgan fingerprint density at radius 1 is 1.00 bits per heavy atom. The molecule has 1 aliphatic carbocycles. The first kappa shape index (κ1) is 14.7. The largest absolute Gasteiger partial charge is 0.366 e. The second-order valence-electron chi connectivity index (χ2n) is 6.85. The Balaban J connectivity index is 1.39. The van der Waals surface area contributed by atoms with Gasteiger partial charge in [0.1, 0.15) is 11.3 Å². The van der Waals surface area contributed by atoms with Gasteiger partial charge in [-0.05, 0) is 31.0 Å². The number of aromatic nitrogens is 3. The van der Waals surface area contributed by atoms with E-state index in [1.54, 1.807) is 6.07 Å². The zero-order valence-corrected chi connectivity index (χ0v) is 14.0. The van der Waals surface area contributed by atoms with Crippen LogP contribution in [0.1, 0.15) is 24.5 Å². The summed E-state index contributed by atoms with van der Waals surface area (Å²) in [5, 5.41) is 4.69. The number of rotatable bonds is 3. The number of piperazine rings is 1. The quantitative estimate of drug-likeness (QED) is 0.736. The smallest absolute Gasteiger partial charge is 0.154 e. The van der Waals surface area contributed by atoms with Gasteiger partial charge in [0.15, 0.2) is 5.82 Å². The van der Waals surface area contributed by atoms with E-state index in [0.29, 0.717) is 11.6 Å². The SMILES string of the molecule is Fc1ccccc1N1CCN(c2nccn3nc(C4CC4)cc23)CC1. The Hall–Kier alpha value is -2.63. The van der Waals surface area contributed by atoms with Crippen molar-refractivity contribution in [1.29, 1.82) is 0 Å². The number of hydrogen-bond acceptors (Lipinski definition) is 4. The van der Waals surface area contributed by atoms with Crippen molar-refractivity contribution in [2.75, 3.05) is 36.0 Å². The van der Waals surface area contributed by atoms with Gasteiger partial charge in [-0.25, -0.2) is 13.9 Å². The Bertz CT molecular complexity index is 909. The van der Waals surface area contributed by atoms with E-state index >= 15 is 0 Å². The van der Waals surface area contributed by atoms with Crippen molar-refractivity contribution in [3.05, 3.63) is 54.2 Å². The summed E-state index contributed by atoms with van der Waals surface area (Å²) in [5.74, 6) is 1.46. The number of hydrogen-bond donors (Lipinski definition) is 0. The zero-order chi connectivity index (χ0) is 16.8. The lowest BCUT2D eigenvalue weighted by atomic mass is 10.2. The van der Waals surface area contributed by atoms with E-state index in [1.807, 2.05) is 29.0 Å². The summed E-state index contributed by atoms with van der Waals surface area (Å²) in [6, 6.07) is 9.18. The summed E-state index contributed by atoms with van der Waals surface area (Å²) >= 11 is 0. The Morgan fingerprint density at radius 3 is 2.52 bits per heavy atom. The van der Waals surface area contributed by atoms with Crippen LogP contribution in [0.2, 0.25) is 0 Å². The van der Waals surface area contributed by atoms with Crippen LogP contribution >= 0.6 is 0 Å². The highest BCUT2D eigenvalue weighted by molar-refractivity contribution is 5.70. The first-order valence-corrected chi connectivity index (χ1v) is 8.88. The average molecular weight is 337 g/mol. The molecule has 2 aliphatic rings. The topological polar surface area (TPSA) is 36.7 Å². The average Bonchev–Trinajstić information content (AvgIpc) is 3.41. The number of benzene rings is 1. The van der Waals surface area contributed by atoms with Gasteiger partial charge in [0.25, 0.3) is 0 Å². The normalized spacial score (nSPS) is 18.1. The number of fused-ring (bicyclic) bond motifs is 1. The molecule has 0 atom stereocenters. The van der Waals surface area contributed by atoms with Crippen molar-refractivity contribution in [2.45, 2.75) is 18.8 Å². The molecule has 3 aromatic rings. The lowest BCUT2D eigenvalue weighted by Gasteiger charge is -2.36. The first-order valence-electron chi connectivity index (χ1n) is 8.88. The van der Waals surface area contributed by atoms with Gasteiger partial charge in [0, 0.05) is 44.5 Å². The number of para-hydroxylation sites is 1. The van der Waals surface area contributed by atoms with Crippen molar-refractivity contribution < 1.29 is 4.39 Å². The van der Waals surface area contributed by atoms with E-state index in [1.165, 1.54) is 24.6 Å². The third-order valence-electron chi connectivity index (χ3n) is 5.16. The third kappa shape index (κ3) is 2.62. The van der Waals surface area contributed by atoms with Crippen LogP contribution in [0.25, 0.3) is 5.52 Å². The number of anilines is 2. The fraction of sp³-hybridized carbons (Fsp3) is 0.368. The van der Waals surface area contributed by atoms with Crippen molar-refractivity contribution in [3.8, 4) is 0 Å². The van der Waals surface area contributed by atoms with Gasteiger partial charge in [0.2, 0.25) is 0 Å². The summed E-state index contributed by atoms with van der Waals surface area (Å²) < 4.78 is 16.0. The molecule has 0 unspecified atom stereocenters. The van der Waals surface area contributed by atoms with Gasteiger partial charge >= 0.3 is 0 Å². The molecule has 6 heteroatoms. The minimum absolute atomic E-state index is 0.152. The van der Waals surface area contributed by atoms with Crippen LogP contribution in [0.15, 0.2) is 42.7 Å². The van der Waals surface area contributed by atoms with E-state index in [9.17, 15) is 4.39 Å². The highest BCUT2D eigenvalue weighted by atomic mass is 19.1. The molecule has 25 heavy (non-hydrogen) atoms. The van der Waals surface area contributed by atoms with Gasteiger partial charge in [-0.15, -0.1) is 0 Å². The lowest BCUT2D eigenvalue weighted by molar-refractivity contribution is 0.596. The maximum absolute atomic E-state index is 14.0. The molecule has 2 fully saturated rings. The minimum Gasteiger partial charge on any atom is -0.366 e. The molecule has 1 saturated carbocycles. The fourth-order valence-corrected chi connectivity index (χ4v) is 3.62. The first-order chi connectivity index (χ1) is 12.3. The standard InChI is InChI=1S/C19H20FN5/c20-15-3-1-2-4-17(15)23-9-11-24(12-10-23)19-18-13-16(14-5-6-14)22-25(18)8-7-21-19/h1-4,7-8,13-14H,5-6,9-12H2. The van der Waals surface area contributed by atoms with Crippen molar-refractivity contribution in [2.24, 2.45) is 0 Å². The third-order valence-corrected chi connectivity index (χ3v) is 5.16. The molecule has 0 spiro atoms. The second kappa shape index (κ2) is 5.72. The molecule has 0 bridgehead atoms. The molecule has 5 nitrogen and oxygen atoms in total. The molecule has 128 valence electrons. The Morgan fingerprint density at radius 2 is 1.76 bits per heavy atom. The predicted molar refractivity (Wildman–Crippen MR) is 95.8 cm³/mol. The van der Waals surface area contributed by atoms with Crippen LogP contribution in [0.5, 0.6) is 0 Å². The molecule has 0 amide bonds. The summed E-state index contributed by atoms with van der Waals surface area (Å²) in [5.41, 5.74) is 2.94. The second-order valence-corrected chi connectivity index (χ2v) is 6.85. The summed E-state index contributed by atoms with van der Waals surface area (Å²) in [7, 11) is 0. The molecule has 0 N–H and O–H groups in total. The maximum Gasteiger partial charge on any atom is 0.154 e. The van der Waals surface area contributed by atoms with Crippen molar-refractivity contribution in [3.63, 3.8) is 0 Å². The Kier molecular flexibility index (Phi) is 3.36. The van der Waals surface area contributed by atoms with Crippen LogP contribution in [0, 0.1) is 5.82 Å². The van der Waals surface area contributed by atoms with Crippen molar-refractivity contribution in [1.82, 2.24) is 14.6 Å².